The van der Waals surface area contributed by atoms with Crippen LogP contribution in [0.2, 0.25) is 0 Å². The van der Waals surface area contributed by atoms with Gasteiger partial charge in [0, 0.05) is 18.7 Å². The quantitative estimate of drug-likeness (QED) is 0.784. The molecule has 3 nitrogen and oxygen atoms in total. The monoisotopic (exact) mass is 247 g/mol. The molecule has 1 aromatic rings. The molecule has 0 aliphatic heterocycles. The zero-order valence-electron chi connectivity index (χ0n) is 11.2. The van der Waals surface area contributed by atoms with Crippen LogP contribution < -0.4 is 5.32 Å². The third-order valence-corrected chi connectivity index (χ3v) is 3.09. The SMILES string of the molecule is C/C(=C/C(=O)NC(C)C(C)CO)c1ccccc1. The Hall–Kier alpha value is -1.61. The van der Waals surface area contributed by atoms with E-state index in [2.05, 4.69) is 5.32 Å². The zero-order valence-corrected chi connectivity index (χ0v) is 11.2. The van der Waals surface area contributed by atoms with E-state index in [1.54, 1.807) is 6.08 Å². The van der Waals surface area contributed by atoms with E-state index in [0.29, 0.717) is 0 Å². The lowest BCUT2D eigenvalue weighted by molar-refractivity contribution is -0.117. The van der Waals surface area contributed by atoms with Crippen LogP contribution in [0.25, 0.3) is 5.57 Å². The summed E-state index contributed by atoms with van der Waals surface area (Å²) in [5.74, 6) is -0.0662. The molecule has 1 amide bonds. The minimum Gasteiger partial charge on any atom is -0.396 e. The average molecular weight is 247 g/mol. The molecule has 0 fully saturated rings. The van der Waals surface area contributed by atoms with Crippen LogP contribution in [0, 0.1) is 5.92 Å². The minimum atomic E-state index is -0.121. The molecule has 1 aromatic carbocycles. The molecular formula is C15H21NO2. The van der Waals surface area contributed by atoms with Crippen LogP contribution in [0.5, 0.6) is 0 Å². The van der Waals surface area contributed by atoms with Gasteiger partial charge in [0.1, 0.15) is 0 Å². The lowest BCUT2D eigenvalue weighted by Crippen LogP contribution is -2.37. The Morgan fingerprint density at radius 1 is 1.33 bits per heavy atom. The van der Waals surface area contributed by atoms with E-state index in [4.69, 9.17) is 5.11 Å². The number of nitrogens with one attached hydrogen (secondary N) is 1. The van der Waals surface area contributed by atoms with Gasteiger partial charge in [0.15, 0.2) is 0 Å². The average Bonchev–Trinajstić information content (AvgIpc) is 2.38. The highest BCUT2D eigenvalue weighted by molar-refractivity contribution is 5.94. The van der Waals surface area contributed by atoms with Gasteiger partial charge in [-0.15, -0.1) is 0 Å². The highest BCUT2D eigenvalue weighted by Gasteiger charge is 2.12. The molecule has 0 spiro atoms. The summed E-state index contributed by atoms with van der Waals surface area (Å²) in [4.78, 5) is 11.8. The molecule has 0 saturated carbocycles. The first-order valence-corrected chi connectivity index (χ1v) is 6.19. The maximum Gasteiger partial charge on any atom is 0.244 e. The van der Waals surface area contributed by atoms with Gasteiger partial charge in [-0.3, -0.25) is 4.79 Å². The van der Waals surface area contributed by atoms with Gasteiger partial charge < -0.3 is 10.4 Å². The summed E-state index contributed by atoms with van der Waals surface area (Å²) in [6.45, 7) is 5.78. The van der Waals surface area contributed by atoms with Crippen molar-refractivity contribution >= 4 is 11.5 Å². The molecule has 0 radical (unpaired) electrons. The normalized spacial score (nSPS) is 15.0. The van der Waals surface area contributed by atoms with Crippen molar-refractivity contribution in [2.75, 3.05) is 6.61 Å². The number of aliphatic hydroxyl groups excluding tert-OH is 1. The number of rotatable bonds is 5. The number of benzene rings is 1. The fourth-order valence-electron chi connectivity index (χ4n) is 1.55. The lowest BCUT2D eigenvalue weighted by atomic mass is 10.0. The fraction of sp³-hybridized carbons (Fsp3) is 0.400. The van der Waals surface area contributed by atoms with Crippen molar-refractivity contribution in [1.29, 1.82) is 0 Å². The predicted octanol–water partition coefficient (Wildman–Crippen LogP) is 2.22. The van der Waals surface area contributed by atoms with Crippen molar-refractivity contribution in [3.05, 3.63) is 42.0 Å². The Morgan fingerprint density at radius 2 is 1.94 bits per heavy atom. The second kappa shape index (κ2) is 6.97. The van der Waals surface area contributed by atoms with Gasteiger partial charge in [-0.1, -0.05) is 37.3 Å². The predicted molar refractivity (Wildman–Crippen MR) is 73.9 cm³/mol. The number of carbonyl (C=O) groups is 1. The molecule has 0 saturated heterocycles. The zero-order chi connectivity index (χ0) is 13.5. The van der Waals surface area contributed by atoms with Crippen LogP contribution >= 0.6 is 0 Å². The van der Waals surface area contributed by atoms with Crippen LogP contribution in [0.15, 0.2) is 36.4 Å². The molecular weight excluding hydrogens is 226 g/mol. The second-order valence-corrected chi connectivity index (χ2v) is 4.65. The summed E-state index contributed by atoms with van der Waals surface area (Å²) < 4.78 is 0. The van der Waals surface area contributed by atoms with Crippen molar-refractivity contribution < 1.29 is 9.90 Å². The van der Waals surface area contributed by atoms with Crippen molar-refractivity contribution in [3.8, 4) is 0 Å². The first kappa shape index (κ1) is 14.5. The fourth-order valence-corrected chi connectivity index (χ4v) is 1.55. The molecule has 2 N–H and O–H groups in total. The molecule has 0 aliphatic carbocycles. The summed E-state index contributed by atoms with van der Waals surface area (Å²) in [6, 6.07) is 9.74. The van der Waals surface area contributed by atoms with Gasteiger partial charge >= 0.3 is 0 Å². The van der Waals surface area contributed by atoms with Gasteiger partial charge in [-0.25, -0.2) is 0 Å². The molecule has 98 valence electrons. The van der Waals surface area contributed by atoms with Gasteiger partial charge in [0.25, 0.3) is 0 Å². The van der Waals surface area contributed by atoms with Crippen LogP contribution in [0.4, 0.5) is 0 Å². The van der Waals surface area contributed by atoms with Crippen molar-refractivity contribution in [2.45, 2.75) is 26.8 Å². The molecule has 0 heterocycles. The Labute approximate surface area is 109 Å². The molecule has 2 atom stereocenters. The Morgan fingerprint density at radius 3 is 2.50 bits per heavy atom. The number of hydrogen-bond donors (Lipinski definition) is 2. The van der Waals surface area contributed by atoms with E-state index in [1.807, 2.05) is 51.1 Å². The molecule has 18 heavy (non-hydrogen) atoms. The highest BCUT2D eigenvalue weighted by Crippen LogP contribution is 2.12. The summed E-state index contributed by atoms with van der Waals surface area (Å²) in [5.41, 5.74) is 1.97. The topological polar surface area (TPSA) is 49.3 Å². The van der Waals surface area contributed by atoms with Gasteiger partial charge in [-0.2, -0.15) is 0 Å². The number of hydrogen-bond acceptors (Lipinski definition) is 2. The molecule has 3 heteroatoms. The Kier molecular flexibility index (Phi) is 5.59. The summed E-state index contributed by atoms with van der Waals surface area (Å²) in [5, 5.41) is 11.9. The van der Waals surface area contributed by atoms with E-state index in [0.717, 1.165) is 11.1 Å². The van der Waals surface area contributed by atoms with Gasteiger partial charge in [0.2, 0.25) is 5.91 Å². The van der Waals surface area contributed by atoms with Gasteiger partial charge in [0.05, 0.1) is 0 Å². The minimum absolute atomic E-state index is 0.0395. The summed E-state index contributed by atoms with van der Waals surface area (Å²) >= 11 is 0. The van der Waals surface area contributed by atoms with Crippen LogP contribution in [0.1, 0.15) is 26.3 Å². The second-order valence-electron chi connectivity index (χ2n) is 4.65. The van der Waals surface area contributed by atoms with Crippen LogP contribution in [-0.2, 0) is 4.79 Å². The first-order chi connectivity index (χ1) is 8.54. The molecule has 2 unspecified atom stereocenters. The molecule has 1 rings (SSSR count). The van der Waals surface area contributed by atoms with Crippen LogP contribution in [0.3, 0.4) is 0 Å². The Bertz CT molecular complexity index is 412. The lowest BCUT2D eigenvalue weighted by Gasteiger charge is -2.18. The van der Waals surface area contributed by atoms with Crippen LogP contribution in [-0.4, -0.2) is 23.7 Å². The molecule has 0 aromatic heterocycles. The maximum atomic E-state index is 11.8. The van der Waals surface area contributed by atoms with E-state index in [1.165, 1.54) is 0 Å². The number of aliphatic hydroxyl groups is 1. The van der Waals surface area contributed by atoms with E-state index < -0.39 is 0 Å². The number of allylic oxidation sites excluding steroid dienone is 1. The summed E-state index contributed by atoms with van der Waals surface area (Å²) in [6.07, 6.45) is 1.59. The molecule has 0 aliphatic rings. The van der Waals surface area contributed by atoms with Crippen molar-refractivity contribution in [3.63, 3.8) is 0 Å². The Balaban J connectivity index is 2.64. The number of carbonyl (C=O) groups excluding carboxylic acids is 1. The summed E-state index contributed by atoms with van der Waals surface area (Å²) in [7, 11) is 0. The molecule has 0 bridgehead atoms. The van der Waals surface area contributed by atoms with E-state index in [-0.39, 0.29) is 24.5 Å². The smallest absolute Gasteiger partial charge is 0.244 e. The van der Waals surface area contributed by atoms with E-state index >= 15 is 0 Å². The van der Waals surface area contributed by atoms with Crippen molar-refractivity contribution in [1.82, 2.24) is 5.32 Å². The standard InChI is InChI=1S/C15H21NO2/c1-11(14-7-5-4-6-8-14)9-15(18)16-13(3)12(2)10-17/h4-9,12-13,17H,10H2,1-3H3,(H,16,18)/b11-9-. The third-order valence-electron chi connectivity index (χ3n) is 3.09. The van der Waals surface area contributed by atoms with Crippen molar-refractivity contribution in [2.24, 2.45) is 5.92 Å². The maximum absolute atomic E-state index is 11.8. The van der Waals surface area contributed by atoms with E-state index in [9.17, 15) is 4.79 Å². The first-order valence-electron chi connectivity index (χ1n) is 6.19. The van der Waals surface area contributed by atoms with Gasteiger partial charge in [-0.05, 0) is 30.9 Å². The third kappa shape index (κ3) is 4.34. The highest BCUT2D eigenvalue weighted by atomic mass is 16.3. The largest absolute Gasteiger partial charge is 0.396 e. The number of amides is 1.